The Labute approximate surface area is 147 Å². The van der Waals surface area contributed by atoms with Crippen LogP contribution < -0.4 is 5.32 Å². The van der Waals surface area contributed by atoms with E-state index < -0.39 is 0 Å². The van der Waals surface area contributed by atoms with Crippen molar-refractivity contribution in [2.24, 2.45) is 0 Å². The van der Waals surface area contributed by atoms with Crippen LogP contribution in [-0.2, 0) is 17.8 Å². The summed E-state index contributed by atoms with van der Waals surface area (Å²) in [6.07, 6.45) is 1.12. The Morgan fingerprint density at radius 2 is 1.88 bits per heavy atom. The summed E-state index contributed by atoms with van der Waals surface area (Å²) in [6.45, 7) is 7.86. The SMILES string of the molecule is CC(=O)Nc1nc(CN2CCN(CCc3ccccc3)CC2)cs1. The fourth-order valence-electron chi connectivity index (χ4n) is 2.92. The molecule has 0 unspecified atom stereocenters. The summed E-state index contributed by atoms with van der Waals surface area (Å²) in [5.41, 5.74) is 2.45. The number of thiazole rings is 1. The summed E-state index contributed by atoms with van der Waals surface area (Å²) in [5.74, 6) is -0.0667. The van der Waals surface area contributed by atoms with E-state index >= 15 is 0 Å². The van der Waals surface area contributed by atoms with Crippen LogP contribution >= 0.6 is 11.3 Å². The van der Waals surface area contributed by atoms with E-state index in [2.05, 4.69) is 50.4 Å². The van der Waals surface area contributed by atoms with Gasteiger partial charge in [-0.25, -0.2) is 4.98 Å². The molecule has 0 spiro atoms. The number of nitrogens with one attached hydrogen (secondary N) is 1. The average Bonchev–Trinajstić information content (AvgIpc) is 3.01. The van der Waals surface area contributed by atoms with Crippen LogP contribution in [0.3, 0.4) is 0 Å². The van der Waals surface area contributed by atoms with E-state index in [1.54, 1.807) is 0 Å². The molecule has 1 aliphatic heterocycles. The van der Waals surface area contributed by atoms with Gasteiger partial charge in [0.15, 0.2) is 5.13 Å². The maximum absolute atomic E-state index is 11.1. The zero-order valence-electron chi connectivity index (χ0n) is 14.1. The number of benzene rings is 1. The lowest BCUT2D eigenvalue weighted by atomic mass is 10.1. The first-order valence-electron chi connectivity index (χ1n) is 8.39. The molecule has 1 aliphatic rings. The molecule has 24 heavy (non-hydrogen) atoms. The van der Waals surface area contributed by atoms with E-state index in [0.29, 0.717) is 5.13 Å². The van der Waals surface area contributed by atoms with Gasteiger partial charge in [0.2, 0.25) is 5.91 Å². The minimum Gasteiger partial charge on any atom is -0.302 e. The van der Waals surface area contributed by atoms with Gasteiger partial charge in [0.25, 0.3) is 0 Å². The van der Waals surface area contributed by atoms with Gasteiger partial charge >= 0.3 is 0 Å². The summed E-state index contributed by atoms with van der Waals surface area (Å²) in [7, 11) is 0. The minimum absolute atomic E-state index is 0.0667. The molecule has 3 rings (SSSR count). The second-order valence-electron chi connectivity index (χ2n) is 6.18. The first-order chi connectivity index (χ1) is 11.7. The molecule has 5 nitrogen and oxygen atoms in total. The van der Waals surface area contributed by atoms with Crippen molar-refractivity contribution in [2.45, 2.75) is 19.9 Å². The number of piperazine rings is 1. The Bertz CT molecular complexity index is 650. The van der Waals surface area contributed by atoms with Crippen molar-refractivity contribution >= 4 is 22.4 Å². The van der Waals surface area contributed by atoms with Crippen LogP contribution in [0.5, 0.6) is 0 Å². The van der Waals surface area contributed by atoms with Crippen molar-refractivity contribution in [1.29, 1.82) is 0 Å². The van der Waals surface area contributed by atoms with Crippen molar-refractivity contribution in [3.05, 3.63) is 47.0 Å². The molecule has 6 heteroatoms. The smallest absolute Gasteiger partial charge is 0.223 e. The van der Waals surface area contributed by atoms with Crippen LogP contribution in [0.4, 0.5) is 5.13 Å². The highest BCUT2D eigenvalue weighted by Gasteiger charge is 2.17. The van der Waals surface area contributed by atoms with Crippen molar-refractivity contribution < 1.29 is 4.79 Å². The molecule has 2 aromatic rings. The topological polar surface area (TPSA) is 48.5 Å². The Morgan fingerprint density at radius 3 is 2.58 bits per heavy atom. The summed E-state index contributed by atoms with van der Waals surface area (Å²) in [5, 5.41) is 5.47. The van der Waals surface area contributed by atoms with Gasteiger partial charge in [-0.05, 0) is 12.0 Å². The summed E-state index contributed by atoms with van der Waals surface area (Å²) >= 11 is 1.49. The van der Waals surface area contributed by atoms with Crippen LogP contribution in [0.15, 0.2) is 35.7 Å². The Hall–Kier alpha value is -1.76. The monoisotopic (exact) mass is 344 g/mol. The van der Waals surface area contributed by atoms with Crippen molar-refractivity contribution in [3.8, 4) is 0 Å². The lowest BCUT2D eigenvalue weighted by Crippen LogP contribution is -2.46. The first-order valence-corrected chi connectivity index (χ1v) is 9.27. The largest absolute Gasteiger partial charge is 0.302 e. The van der Waals surface area contributed by atoms with Gasteiger partial charge in [-0.15, -0.1) is 11.3 Å². The summed E-state index contributed by atoms with van der Waals surface area (Å²) < 4.78 is 0. The Balaban J connectivity index is 1.40. The van der Waals surface area contributed by atoms with Crippen LogP contribution in [0.1, 0.15) is 18.2 Å². The quantitative estimate of drug-likeness (QED) is 0.874. The Morgan fingerprint density at radius 1 is 1.17 bits per heavy atom. The second kappa shape index (κ2) is 8.37. The molecule has 0 radical (unpaired) electrons. The first kappa shape index (κ1) is 17.1. The van der Waals surface area contributed by atoms with Gasteiger partial charge in [-0.2, -0.15) is 0 Å². The predicted molar refractivity (Wildman–Crippen MR) is 98.3 cm³/mol. The number of carbonyl (C=O) groups excluding carboxylic acids is 1. The number of hydrogen-bond donors (Lipinski definition) is 1. The molecule has 1 fully saturated rings. The van der Waals surface area contributed by atoms with E-state index in [0.717, 1.165) is 51.4 Å². The van der Waals surface area contributed by atoms with Gasteiger partial charge in [-0.1, -0.05) is 30.3 Å². The molecule has 0 saturated carbocycles. The molecule has 1 amide bonds. The van der Waals surface area contributed by atoms with E-state index in [1.165, 1.54) is 23.8 Å². The van der Waals surface area contributed by atoms with E-state index in [1.807, 2.05) is 5.38 Å². The summed E-state index contributed by atoms with van der Waals surface area (Å²) in [4.78, 5) is 20.5. The zero-order chi connectivity index (χ0) is 16.8. The number of amides is 1. The van der Waals surface area contributed by atoms with Crippen molar-refractivity contribution in [3.63, 3.8) is 0 Å². The molecule has 2 heterocycles. The van der Waals surface area contributed by atoms with Gasteiger partial charge in [0.05, 0.1) is 5.69 Å². The maximum Gasteiger partial charge on any atom is 0.223 e. The van der Waals surface area contributed by atoms with E-state index in [-0.39, 0.29) is 5.91 Å². The molecule has 1 aromatic heterocycles. The molecular formula is C18H24N4OS. The Kier molecular flexibility index (Phi) is 5.96. The van der Waals surface area contributed by atoms with Gasteiger partial charge in [-0.3, -0.25) is 9.69 Å². The third kappa shape index (κ3) is 5.12. The fraction of sp³-hybridized carbons (Fsp3) is 0.444. The molecule has 1 saturated heterocycles. The van der Waals surface area contributed by atoms with Crippen LogP contribution in [-0.4, -0.2) is 53.4 Å². The van der Waals surface area contributed by atoms with Gasteiger partial charge in [0, 0.05) is 51.6 Å². The van der Waals surface area contributed by atoms with Crippen molar-refractivity contribution in [2.75, 3.05) is 38.0 Å². The lowest BCUT2D eigenvalue weighted by Gasteiger charge is -2.34. The van der Waals surface area contributed by atoms with Gasteiger partial charge in [0.1, 0.15) is 0 Å². The molecule has 1 N–H and O–H groups in total. The average molecular weight is 344 g/mol. The maximum atomic E-state index is 11.1. The molecule has 128 valence electrons. The normalized spacial score (nSPS) is 16.2. The zero-order valence-corrected chi connectivity index (χ0v) is 14.9. The molecular weight excluding hydrogens is 320 g/mol. The highest BCUT2D eigenvalue weighted by molar-refractivity contribution is 7.13. The van der Waals surface area contributed by atoms with Crippen molar-refractivity contribution in [1.82, 2.24) is 14.8 Å². The molecule has 1 aromatic carbocycles. The van der Waals surface area contributed by atoms with E-state index in [9.17, 15) is 4.79 Å². The fourth-order valence-corrected chi connectivity index (χ4v) is 3.67. The second-order valence-corrected chi connectivity index (χ2v) is 7.04. The number of rotatable bonds is 6. The highest BCUT2D eigenvalue weighted by atomic mass is 32.1. The molecule has 0 aliphatic carbocycles. The molecule has 0 bridgehead atoms. The number of nitrogens with zero attached hydrogens (tertiary/aromatic N) is 3. The predicted octanol–water partition coefficient (Wildman–Crippen LogP) is 2.46. The summed E-state index contributed by atoms with van der Waals surface area (Å²) in [6, 6.07) is 10.7. The van der Waals surface area contributed by atoms with Crippen LogP contribution in [0, 0.1) is 0 Å². The number of carbonyl (C=O) groups is 1. The van der Waals surface area contributed by atoms with E-state index in [4.69, 9.17) is 0 Å². The number of anilines is 1. The van der Waals surface area contributed by atoms with Crippen LogP contribution in [0.2, 0.25) is 0 Å². The third-order valence-corrected chi connectivity index (χ3v) is 5.05. The van der Waals surface area contributed by atoms with Crippen LogP contribution in [0.25, 0.3) is 0 Å². The number of hydrogen-bond acceptors (Lipinski definition) is 5. The lowest BCUT2D eigenvalue weighted by molar-refractivity contribution is -0.114. The minimum atomic E-state index is -0.0667. The molecule has 0 atom stereocenters. The van der Waals surface area contributed by atoms with Gasteiger partial charge < -0.3 is 10.2 Å². The standard InChI is InChI=1S/C18H24N4OS/c1-15(23)19-18-20-17(14-24-18)13-22-11-9-21(10-12-22)8-7-16-5-3-2-4-6-16/h2-6,14H,7-13H2,1H3,(H,19,20,23). The number of aromatic nitrogens is 1. The highest BCUT2D eigenvalue weighted by Crippen LogP contribution is 2.17. The third-order valence-electron chi connectivity index (χ3n) is 4.24.